The van der Waals surface area contributed by atoms with E-state index in [0.29, 0.717) is 11.3 Å². The van der Waals surface area contributed by atoms with Crippen LogP contribution in [0.25, 0.3) is 0 Å². The summed E-state index contributed by atoms with van der Waals surface area (Å²) in [6.45, 7) is 3.41. The lowest BCUT2D eigenvalue weighted by molar-refractivity contribution is 0.0696. The zero-order valence-corrected chi connectivity index (χ0v) is 12.8. The van der Waals surface area contributed by atoms with Crippen molar-refractivity contribution in [3.8, 4) is 0 Å². The lowest BCUT2D eigenvalue weighted by atomic mass is 10.1. The van der Waals surface area contributed by atoms with Crippen LogP contribution in [-0.4, -0.2) is 29.3 Å². The summed E-state index contributed by atoms with van der Waals surface area (Å²) in [6, 6.07) is 5.84. The molecule has 0 fully saturated rings. The average Bonchev–Trinajstić information content (AvgIpc) is 2.66. The van der Waals surface area contributed by atoms with Crippen LogP contribution in [0.2, 0.25) is 0 Å². The van der Waals surface area contributed by atoms with E-state index in [1.165, 1.54) is 22.9 Å². The van der Waals surface area contributed by atoms with Gasteiger partial charge >= 0.3 is 5.97 Å². The molecule has 0 atom stereocenters. The van der Waals surface area contributed by atoms with Gasteiger partial charge < -0.3 is 5.11 Å². The third-order valence-electron chi connectivity index (χ3n) is 3.24. The van der Waals surface area contributed by atoms with Crippen molar-refractivity contribution < 1.29 is 18.3 Å². The first-order valence-corrected chi connectivity index (χ1v) is 7.92. The van der Waals surface area contributed by atoms with Gasteiger partial charge in [-0.05, 0) is 37.6 Å². The van der Waals surface area contributed by atoms with Crippen LogP contribution in [-0.2, 0) is 22.6 Å². The lowest BCUT2D eigenvalue weighted by Gasteiger charge is -2.07. The van der Waals surface area contributed by atoms with Crippen molar-refractivity contribution in [1.82, 2.24) is 9.78 Å². The van der Waals surface area contributed by atoms with Gasteiger partial charge in [0.15, 0.2) is 9.84 Å². The maximum atomic E-state index is 12.4. The molecule has 2 rings (SSSR count). The van der Waals surface area contributed by atoms with Gasteiger partial charge in [0.2, 0.25) is 0 Å². The molecule has 0 spiro atoms. The Hall–Kier alpha value is -2.15. The molecule has 0 aliphatic rings. The quantitative estimate of drug-likeness (QED) is 0.928. The lowest BCUT2D eigenvalue weighted by Crippen LogP contribution is -2.10. The van der Waals surface area contributed by atoms with Crippen LogP contribution < -0.4 is 0 Å². The second-order valence-corrected chi connectivity index (χ2v) is 6.93. The van der Waals surface area contributed by atoms with Crippen molar-refractivity contribution in [3.63, 3.8) is 0 Å². The highest BCUT2D eigenvalue weighted by Gasteiger charge is 2.20. The molecule has 1 aromatic heterocycles. The first-order chi connectivity index (χ1) is 9.70. The normalized spacial score (nSPS) is 11.6. The van der Waals surface area contributed by atoms with Crippen molar-refractivity contribution in [1.29, 1.82) is 0 Å². The maximum Gasteiger partial charge on any atom is 0.335 e. The van der Waals surface area contributed by atoms with Gasteiger partial charge in [-0.1, -0.05) is 6.07 Å². The number of carboxylic acids is 1. The number of benzene rings is 1. The van der Waals surface area contributed by atoms with Gasteiger partial charge in [-0.25, -0.2) is 13.2 Å². The molecule has 0 unspecified atom stereocenters. The van der Waals surface area contributed by atoms with Crippen LogP contribution in [0.3, 0.4) is 0 Å². The van der Waals surface area contributed by atoms with Crippen molar-refractivity contribution >= 4 is 15.8 Å². The molecule has 6 nitrogen and oxygen atoms in total. The SMILES string of the molecule is Cc1cc(CS(=O)(=O)c2ccc(C)c(C(=O)O)c2)n(C)n1. The molecule has 0 radical (unpaired) electrons. The summed E-state index contributed by atoms with van der Waals surface area (Å²) in [5, 5.41) is 13.2. The monoisotopic (exact) mass is 308 g/mol. The van der Waals surface area contributed by atoms with Gasteiger partial charge in [0.1, 0.15) is 0 Å². The molecular formula is C14H16N2O4S. The van der Waals surface area contributed by atoms with Crippen molar-refractivity contribution in [2.45, 2.75) is 24.5 Å². The standard InChI is InChI=1S/C14H16N2O4S/c1-9-4-5-12(7-13(9)14(17)18)21(19,20)8-11-6-10(2)15-16(11)3/h4-7H,8H2,1-3H3,(H,17,18). The minimum atomic E-state index is -3.62. The third-order valence-corrected chi connectivity index (χ3v) is 4.88. The summed E-state index contributed by atoms with van der Waals surface area (Å²) >= 11 is 0. The van der Waals surface area contributed by atoms with Gasteiger partial charge in [0.05, 0.1) is 27.6 Å². The molecule has 0 saturated carbocycles. The zero-order valence-electron chi connectivity index (χ0n) is 12.0. The Balaban J connectivity index is 2.42. The maximum absolute atomic E-state index is 12.4. The molecule has 0 saturated heterocycles. The van der Waals surface area contributed by atoms with E-state index < -0.39 is 15.8 Å². The van der Waals surface area contributed by atoms with E-state index in [4.69, 9.17) is 5.11 Å². The predicted molar refractivity (Wildman–Crippen MR) is 77.0 cm³/mol. The smallest absolute Gasteiger partial charge is 0.335 e. The Morgan fingerprint density at radius 3 is 2.48 bits per heavy atom. The summed E-state index contributed by atoms with van der Waals surface area (Å²) in [6.07, 6.45) is 0. The minimum absolute atomic E-state index is 0.00254. The number of aryl methyl sites for hydroxylation is 3. The van der Waals surface area contributed by atoms with Gasteiger partial charge in [-0.3, -0.25) is 4.68 Å². The number of aromatic nitrogens is 2. The Labute approximate surface area is 123 Å². The van der Waals surface area contributed by atoms with Crippen molar-refractivity contribution in [2.75, 3.05) is 0 Å². The van der Waals surface area contributed by atoms with E-state index in [9.17, 15) is 13.2 Å². The molecule has 0 aliphatic carbocycles. The zero-order chi connectivity index (χ0) is 15.8. The number of rotatable bonds is 4. The first kappa shape index (κ1) is 15.2. The summed E-state index contributed by atoms with van der Waals surface area (Å²) in [4.78, 5) is 11.1. The molecule has 1 aromatic carbocycles. The Bertz CT molecular complexity index is 806. The van der Waals surface area contributed by atoms with Crippen LogP contribution in [0.1, 0.15) is 27.3 Å². The number of hydrogen-bond acceptors (Lipinski definition) is 4. The molecule has 21 heavy (non-hydrogen) atoms. The third kappa shape index (κ3) is 3.13. The van der Waals surface area contributed by atoms with Crippen LogP contribution in [0.5, 0.6) is 0 Å². The second-order valence-electron chi connectivity index (χ2n) is 4.94. The first-order valence-electron chi connectivity index (χ1n) is 6.27. The van der Waals surface area contributed by atoms with Crippen LogP contribution in [0.4, 0.5) is 0 Å². The number of nitrogens with zero attached hydrogens (tertiary/aromatic N) is 2. The van der Waals surface area contributed by atoms with Gasteiger partial charge in [0, 0.05) is 7.05 Å². The molecule has 1 N–H and O–H groups in total. The highest BCUT2D eigenvalue weighted by molar-refractivity contribution is 7.90. The van der Waals surface area contributed by atoms with Crippen LogP contribution in [0, 0.1) is 13.8 Å². The average molecular weight is 308 g/mol. The number of carbonyl (C=O) groups is 1. The molecule has 112 valence electrons. The number of carboxylic acid groups (broad SMARTS) is 1. The van der Waals surface area contributed by atoms with E-state index in [0.717, 1.165) is 5.69 Å². The van der Waals surface area contributed by atoms with Crippen molar-refractivity contribution in [3.05, 3.63) is 46.8 Å². The van der Waals surface area contributed by atoms with E-state index in [1.54, 1.807) is 27.0 Å². The topological polar surface area (TPSA) is 89.3 Å². The fraction of sp³-hybridized carbons (Fsp3) is 0.286. The minimum Gasteiger partial charge on any atom is -0.478 e. The molecule has 1 heterocycles. The summed E-state index contributed by atoms with van der Waals surface area (Å²) in [5.74, 6) is -1.35. The number of aromatic carboxylic acids is 1. The fourth-order valence-corrected chi connectivity index (χ4v) is 3.50. The Morgan fingerprint density at radius 2 is 1.95 bits per heavy atom. The van der Waals surface area contributed by atoms with Gasteiger partial charge in [-0.2, -0.15) is 5.10 Å². The summed E-state index contributed by atoms with van der Waals surface area (Å²) in [7, 11) is -1.94. The van der Waals surface area contributed by atoms with Crippen molar-refractivity contribution in [2.24, 2.45) is 7.05 Å². The number of sulfone groups is 1. The largest absolute Gasteiger partial charge is 0.478 e. The summed E-state index contributed by atoms with van der Waals surface area (Å²) in [5.41, 5.74) is 1.82. The van der Waals surface area contributed by atoms with Crippen LogP contribution >= 0.6 is 0 Å². The molecule has 0 amide bonds. The molecular weight excluding hydrogens is 292 g/mol. The molecule has 0 aliphatic heterocycles. The van der Waals surface area contributed by atoms with Crippen LogP contribution in [0.15, 0.2) is 29.2 Å². The summed E-state index contributed by atoms with van der Waals surface area (Å²) < 4.78 is 26.3. The van der Waals surface area contributed by atoms with E-state index in [1.807, 2.05) is 0 Å². The van der Waals surface area contributed by atoms with E-state index in [2.05, 4.69) is 5.10 Å². The van der Waals surface area contributed by atoms with Gasteiger partial charge in [0.25, 0.3) is 0 Å². The number of hydrogen-bond donors (Lipinski definition) is 1. The fourth-order valence-electron chi connectivity index (χ4n) is 2.10. The second kappa shape index (κ2) is 5.33. The van der Waals surface area contributed by atoms with E-state index in [-0.39, 0.29) is 16.2 Å². The highest BCUT2D eigenvalue weighted by Crippen LogP contribution is 2.20. The van der Waals surface area contributed by atoms with E-state index >= 15 is 0 Å². The van der Waals surface area contributed by atoms with Gasteiger partial charge in [-0.15, -0.1) is 0 Å². The Kier molecular flexibility index (Phi) is 3.87. The Morgan fingerprint density at radius 1 is 1.29 bits per heavy atom. The highest BCUT2D eigenvalue weighted by atomic mass is 32.2. The predicted octanol–water partition coefficient (Wildman–Crippen LogP) is 1.71. The molecule has 7 heteroatoms. The molecule has 2 aromatic rings. The molecule has 0 bridgehead atoms.